The Hall–Kier alpha value is -3.40. The summed E-state index contributed by atoms with van der Waals surface area (Å²) in [5.74, 6) is -0.458. The van der Waals surface area contributed by atoms with Crippen LogP contribution in [0.4, 0.5) is 0 Å². The molecule has 0 saturated heterocycles. The molecule has 3 atom stereocenters. The summed E-state index contributed by atoms with van der Waals surface area (Å²) in [6, 6.07) is 0. The first-order chi connectivity index (χ1) is 29.3. The van der Waals surface area contributed by atoms with Crippen molar-refractivity contribution in [2.24, 2.45) is 0 Å². The lowest BCUT2D eigenvalue weighted by Crippen LogP contribution is -2.29. The molecule has 10 heteroatoms. The molecule has 0 aromatic carbocycles. The van der Waals surface area contributed by atoms with Gasteiger partial charge in [-0.15, -0.1) is 0 Å². The third-order valence-electron chi connectivity index (χ3n) is 8.33. The van der Waals surface area contributed by atoms with Crippen LogP contribution in [0.2, 0.25) is 0 Å². The number of phosphoric acid groups is 1. The van der Waals surface area contributed by atoms with Gasteiger partial charge in [0.05, 0.1) is 26.4 Å². The molecule has 3 N–H and O–H groups in total. The fraction of sp³-hybridized carbons (Fsp3) is 0.540. The number of aliphatic hydroxyl groups is 2. The Morgan fingerprint density at radius 3 is 1.32 bits per heavy atom. The molecular formula is C50H79O9P. The number of rotatable bonds is 40. The zero-order valence-electron chi connectivity index (χ0n) is 36.9. The van der Waals surface area contributed by atoms with E-state index < -0.39 is 45.8 Å². The van der Waals surface area contributed by atoms with Crippen LogP contribution in [0.1, 0.15) is 129 Å². The molecule has 0 spiro atoms. The van der Waals surface area contributed by atoms with Crippen LogP contribution in [0.15, 0.2) is 134 Å². The van der Waals surface area contributed by atoms with Crippen LogP contribution in [-0.2, 0) is 27.9 Å². The van der Waals surface area contributed by atoms with Gasteiger partial charge in [-0.2, -0.15) is 0 Å². The van der Waals surface area contributed by atoms with Crippen molar-refractivity contribution in [1.29, 1.82) is 0 Å². The molecular weight excluding hydrogens is 776 g/mol. The number of unbranched alkanes of at least 4 members (excludes halogenated alkanes) is 4. The number of hydrogen-bond donors (Lipinski definition) is 3. The van der Waals surface area contributed by atoms with E-state index in [0.29, 0.717) is 19.4 Å². The van der Waals surface area contributed by atoms with Crippen LogP contribution in [0.25, 0.3) is 0 Å². The maximum atomic E-state index is 12.6. The molecule has 0 aromatic heterocycles. The van der Waals surface area contributed by atoms with Gasteiger partial charge in [0, 0.05) is 13.0 Å². The Labute approximate surface area is 364 Å². The van der Waals surface area contributed by atoms with Crippen LogP contribution in [0.5, 0.6) is 0 Å². The van der Waals surface area contributed by atoms with E-state index in [9.17, 15) is 19.4 Å². The molecule has 0 aliphatic rings. The van der Waals surface area contributed by atoms with Gasteiger partial charge in [0.1, 0.15) is 12.2 Å². The molecule has 0 aliphatic heterocycles. The van der Waals surface area contributed by atoms with E-state index in [-0.39, 0.29) is 13.0 Å². The number of phosphoric ester groups is 1. The number of esters is 1. The van der Waals surface area contributed by atoms with Gasteiger partial charge >= 0.3 is 13.8 Å². The second-order valence-corrected chi connectivity index (χ2v) is 15.4. The maximum Gasteiger partial charge on any atom is 0.472 e. The predicted octanol–water partition coefficient (Wildman–Crippen LogP) is 12.6. The smallest absolute Gasteiger partial charge is 0.457 e. The van der Waals surface area contributed by atoms with Crippen LogP contribution in [-0.4, -0.2) is 66.3 Å². The van der Waals surface area contributed by atoms with E-state index in [1.807, 2.05) is 6.08 Å². The SMILES string of the molecule is CC/C=C\C/C=C\C/C=C\C/C=C\C/C=C\C/C=C\CCCCCOCC(COP(=O)(O)OCC(O)CO)OC(=O)CCC/C=C\C/C=C\C/C=C\C/C=C\C/C=C\CC. The molecule has 338 valence electrons. The second kappa shape index (κ2) is 45.1. The summed E-state index contributed by atoms with van der Waals surface area (Å²) in [5.41, 5.74) is 0. The average molecular weight is 855 g/mol. The summed E-state index contributed by atoms with van der Waals surface area (Å²) in [6.07, 6.45) is 61.4. The summed E-state index contributed by atoms with van der Waals surface area (Å²) < 4.78 is 33.3. The normalized spacial score (nSPS) is 15.2. The lowest BCUT2D eigenvalue weighted by Gasteiger charge is -2.20. The monoisotopic (exact) mass is 855 g/mol. The molecule has 60 heavy (non-hydrogen) atoms. The van der Waals surface area contributed by atoms with Crippen molar-refractivity contribution in [3.63, 3.8) is 0 Å². The number of hydrogen-bond acceptors (Lipinski definition) is 8. The molecule has 0 saturated carbocycles. The minimum atomic E-state index is -4.56. The average Bonchev–Trinajstić information content (AvgIpc) is 3.24. The minimum absolute atomic E-state index is 0.00702. The van der Waals surface area contributed by atoms with Gasteiger partial charge in [0.2, 0.25) is 0 Å². The number of ether oxygens (including phenoxy) is 2. The zero-order valence-corrected chi connectivity index (χ0v) is 37.8. The number of carbonyl (C=O) groups excluding carboxylic acids is 1. The summed E-state index contributed by atoms with van der Waals surface area (Å²) in [5, 5.41) is 18.4. The van der Waals surface area contributed by atoms with Crippen molar-refractivity contribution >= 4 is 13.8 Å². The van der Waals surface area contributed by atoms with Gasteiger partial charge in [-0.25, -0.2) is 4.57 Å². The molecule has 0 bridgehead atoms. The lowest BCUT2D eigenvalue weighted by atomic mass is 10.2. The summed E-state index contributed by atoms with van der Waals surface area (Å²) in [6.45, 7) is 3.08. The molecule has 0 aromatic rings. The van der Waals surface area contributed by atoms with E-state index in [0.717, 1.165) is 96.3 Å². The Morgan fingerprint density at radius 2 is 0.900 bits per heavy atom. The molecule has 0 aliphatic carbocycles. The highest BCUT2D eigenvalue weighted by atomic mass is 31.2. The maximum absolute atomic E-state index is 12.6. The fourth-order valence-electron chi connectivity index (χ4n) is 5.04. The third kappa shape index (κ3) is 44.2. The Kier molecular flexibility index (Phi) is 42.6. The first-order valence-electron chi connectivity index (χ1n) is 22.2. The minimum Gasteiger partial charge on any atom is -0.457 e. The van der Waals surface area contributed by atoms with Gasteiger partial charge in [-0.1, -0.05) is 154 Å². The Bertz CT molecular complexity index is 1380. The van der Waals surface area contributed by atoms with Crippen LogP contribution < -0.4 is 0 Å². The number of carbonyl (C=O) groups is 1. The van der Waals surface area contributed by atoms with Crippen molar-refractivity contribution in [3.05, 3.63) is 134 Å². The third-order valence-corrected chi connectivity index (χ3v) is 9.28. The number of allylic oxidation sites excluding steroid dienone is 22. The van der Waals surface area contributed by atoms with Crippen molar-refractivity contribution in [3.8, 4) is 0 Å². The van der Waals surface area contributed by atoms with Crippen molar-refractivity contribution in [2.75, 3.05) is 33.0 Å². The van der Waals surface area contributed by atoms with Crippen molar-refractivity contribution in [2.45, 2.75) is 142 Å². The largest absolute Gasteiger partial charge is 0.472 e. The van der Waals surface area contributed by atoms with Crippen molar-refractivity contribution < 1.29 is 43.0 Å². The molecule has 0 radical (unpaired) electrons. The first kappa shape index (κ1) is 56.6. The van der Waals surface area contributed by atoms with Crippen LogP contribution in [0, 0.1) is 0 Å². The fourth-order valence-corrected chi connectivity index (χ4v) is 5.83. The van der Waals surface area contributed by atoms with Crippen LogP contribution >= 0.6 is 7.82 Å². The van der Waals surface area contributed by atoms with Gasteiger partial charge in [0.25, 0.3) is 0 Å². The van der Waals surface area contributed by atoms with E-state index in [4.69, 9.17) is 23.6 Å². The summed E-state index contributed by atoms with van der Waals surface area (Å²) in [4.78, 5) is 22.6. The number of aliphatic hydroxyl groups excluding tert-OH is 2. The Balaban J connectivity index is 4.37. The van der Waals surface area contributed by atoms with Gasteiger partial charge in [0.15, 0.2) is 0 Å². The molecule has 0 amide bonds. The zero-order chi connectivity index (χ0) is 43.9. The van der Waals surface area contributed by atoms with Gasteiger partial charge in [-0.05, 0) is 103 Å². The highest BCUT2D eigenvalue weighted by molar-refractivity contribution is 7.47. The highest BCUT2D eigenvalue weighted by Gasteiger charge is 2.26. The molecule has 3 unspecified atom stereocenters. The van der Waals surface area contributed by atoms with Gasteiger partial charge in [-0.3, -0.25) is 13.8 Å². The molecule has 0 fully saturated rings. The first-order valence-corrected chi connectivity index (χ1v) is 23.7. The predicted molar refractivity (Wildman–Crippen MR) is 251 cm³/mol. The van der Waals surface area contributed by atoms with Gasteiger partial charge < -0.3 is 24.6 Å². The van der Waals surface area contributed by atoms with Crippen molar-refractivity contribution in [1.82, 2.24) is 0 Å². The summed E-state index contributed by atoms with van der Waals surface area (Å²) in [7, 11) is -4.56. The van der Waals surface area contributed by atoms with E-state index >= 15 is 0 Å². The van der Waals surface area contributed by atoms with Crippen LogP contribution in [0.3, 0.4) is 0 Å². The quantitative estimate of drug-likeness (QED) is 0.0238. The Morgan fingerprint density at radius 1 is 0.517 bits per heavy atom. The van der Waals surface area contributed by atoms with E-state index in [2.05, 4.69) is 141 Å². The summed E-state index contributed by atoms with van der Waals surface area (Å²) >= 11 is 0. The highest BCUT2D eigenvalue weighted by Crippen LogP contribution is 2.43. The van der Waals surface area contributed by atoms with E-state index in [1.54, 1.807) is 0 Å². The molecule has 0 rings (SSSR count). The van der Waals surface area contributed by atoms with E-state index in [1.165, 1.54) is 0 Å². The second-order valence-electron chi connectivity index (χ2n) is 13.9. The lowest BCUT2D eigenvalue weighted by molar-refractivity contribution is -0.154. The molecule has 0 heterocycles. The molecule has 9 nitrogen and oxygen atoms in total. The standard InChI is InChI=1S/C50H79O9P/c1-3-5-7-9-11-13-15-17-19-21-22-23-24-25-27-29-31-33-35-37-39-41-43-56-46-49(47-58-60(54,55)57-45-48(52)44-51)59-50(53)42-40-38-36-34-32-30-28-26-20-18-16-14-12-10-8-6-4-2/h5-8,11-14,17-20,22-23,25,27-28,30-31,33-34,36,48-49,51-52H,3-4,9-10,15-16,21,24,26,29,32,35,37-47H2,1-2H3,(H,54,55)/b7-5-,8-6-,13-11-,14-12-,19-17-,20-18-,23-22-,27-25-,30-28-,33-31-,36-34-. The topological polar surface area (TPSA) is 132 Å².